The Morgan fingerprint density at radius 1 is 1.07 bits per heavy atom. The maximum atomic E-state index is 13.3. The molecule has 1 aromatic heterocycles. The van der Waals surface area contributed by atoms with E-state index in [1.54, 1.807) is 30.3 Å². The number of rotatable bonds is 4. The maximum Gasteiger partial charge on any atom is 0.348 e. The molecule has 0 aliphatic carbocycles. The van der Waals surface area contributed by atoms with Gasteiger partial charge in [-0.3, -0.25) is 4.79 Å². The van der Waals surface area contributed by atoms with Crippen molar-refractivity contribution in [3.63, 3.8) is 0 Å². The van der Waals surface area contributed by atoms with Crippen molar-refractivity contribution in [2.75, 3.05) is 25.1 Å². The zero-order valence-corrected chi connectivity index (χ0v) is 15.5. The Morgan fingerprint density at radius 3 is 2.75 bits per heavy atom. The molecule has 1 amide bonds. The van der Waals surface area contributed by atoms with Crippen LogP contribution in [0.25, 0.3) is 10.1 Å². The molecule has 0 spiro atoms. The normalized spacial score (nSPS) is 13.0. The number of hydrogen-bond acceptors (Lipinski definition) is 6. The molecule has 1 aliphatic rings. The Morgan fingerprint density at radius 2 is 1.89 bits per heavy atom. The third kappa shape index (κ3) is 4.07. The third-order valence-electron chi connectivity index (χ3n) is 4.05. The average Bonchev–Trinajstić information content (AvgIpc) is 2.96. The van der Waals surface area contributed by atoms with Crippen LogP contribution in [-0.4, -0.2) is 31.7 Å². The minimum atomic E-state index is -0.629. The van der Waals surface area contributed by atoms with E-state index in [9.17, 15) is 14.0 Å². The zero-order chi connectivity index (χ0) is 19.5. The molecule has 0 atom stereocenters. The molecule has 2 aromatic carbocycles. The van der Waals surface area contributed by atoms with Crippen molar-refractivity contribution in [2.45, 2.75) is 6.42 Å². The molecule has 0 saturated carbocycles. The highest BCUT2D eigenvalue weighted by Crippen LogP contribution is 2.32. The lowest BCUT2D eigenvalue weighted by Gasteiger charge is -2.10. The van der Waals surface area contributed by atoms with Crippen LogP contribution < -0.4 is 14.8 Å². The van der Waals surface area contributed by atoms with Gasteiger partial charge in [-0.2, -0.15) is 0 Å². The van der Waals surface area contributed by atoms with Gasteiger partial charge in [0.25, 0.3) is 5.91 Å². The summed E-state index contributed by atoms with van der Waals surface area (Å²) in [6.07, 6.45) is 0.788. The smallest absolute Gasteiger partial charge is 0.348 e. The van der Waals surface area contributed by atoms with Gasteiger partial charge < -0.3 is 19.5 Å². The fourth-order valence-electron chi connectivity index (χ4n) is 2.76. The van der Waals surface area contributed by atoms with E-state index >= 15 is 0 Å². The number of halogens is 1. The van der Waals surface area contributed by atoms with Gasteiger partial charge in [0, 0.05) is 22.9 Å². The van der Waals surface area contributed by atoms with Gasteiger partial charge >= 0.3 is 5.97 Å². The molecule has 1 N–H and O–H groups in total. The van der Waals surface area contributed by atoms with Crippen molar-refractivity contribution in [2.24, 2.45) is 0 Å². The van der Waals surface area contributed by atoms with Gasteiger partial charge in [-0.15, -0.1) is 11.3 Å². The van der Waals surface area contributed by atoms with Crippen molar-refractivity contribution in [3.8, 4) is 11.5 Å². The van der Waals surface area contributed by atoms with Crippen molar-refractivity contribution < 1.29 is 28.2 Å². The molecular weight excluding hydrogens is 385 g/mol. The predicted octanol–water partition coefficient (Wildman–Crippen LogP) is 4.00. The molecule has 0 fully saturated rings. The number of nitrogens with one attached hydrogen (secondary N) is 1. The Hall–Kier alpha value is -3.13. The van der Waals surface area contributed by atoms with Crippen molar-refractivity contribution in [1.29, 1.82) is 0 Å². The fraction of sp³-hybridized carbons (Fsp3) is 0.200. The number of thiophene rings is 1. The van der Waals surface area contributed by atoms with Gasteiger partial charge in [-0.1, -0.05) is 0 Å². The number of carbonyl (C=O) groups is 2. The Balaban J connectivity index is 1.36. The summed E-state index contributed by atoms with van der Waals surface area (Å²) in [5.74, 6) is -0.293. The van der Waals surface area contributed by atoms with E-state index < -0.39 is 18.5 Å². The second kappa shape index (κ2) is 7.85. The number of fused-ring (bicyclic) bond motifs is 2. The van der Waals surface area contributed by atoms with Crippen LogP contribution in [-0.2, 0) is 9.53 Å². The predicted molar refractivity (Wildman–Crippen MR) is 103 cm³/mol. The van der Waals surface area contributed by atoms with Crippen LogP contribution >= 0.6 is 11.3 Å². The van der Waals surface area contributed by atoms with Gasteiger partial charge in [0.15, 0.2) is 18.1 Å². The highest BCUT2D eigenvalue weighted by Gasteiger charge is 2.15. The quantitative estimate of drug-likeness (QED) is 0.669. The molecule has 3 aromatic rings. The van der Waals surface area contributed by atoms with E-state index in [0.717, 1.165) is 11.1 Å². The average molecular weight is 401 g/mol. The minimum absolute atomic E-state index is 0.309. The Kier molecular flexibility index (Phi) is 5.12. The van der Waals surface area contributed by atoms with E-state index in [-0.39, 0.29) is 5.82 Å². The second-order valence-corrected chi connectivity index (χ2v) is 7.21. The highest BCUT2D eigenvalue weighted by atomic mass is 32.1. The van der Waals surface area contributed by atoms with E-state index in [2.05, 4.69) is 5.32 Å². The Bertz CT molecular complexity index is 1050. The van der Waals surface area contributed by atoms with Gasteiger partial charge in [-0.25, -0.2) is 9.18 Å². The molecule has 0 unspecified atom stereocenters. The maximum absolute atomic E-state index is 13.3. The molecule has 28 heavy (non-hydrogen) atoms. The first-order valence-electron chi connectivity index (χ1n) is 8.64. The summed E-state index contributed by atoms with van der Waals surface area (Å²) < 4.78 is 30.2. The van der Waals surface area contributed by atoms with Crippen molar-refractivity contribution in [1.82, 2.24) is 0 Å². The topological polar surface area (TPSA) is 73.9 Å². The molecule has 1 aliphatic heterocycles. The lowest BCUT2D eigenvalue weighted by atomic mass is 10.2. The SMILES string of the molecule is O=C(COC(=O)c1cc2cc(F)ccc2s1)Nc1ccc2c(c1)OCCCO2. The number of esters is 1. The summed E-state index contributed by atoms with van der Waals surface area (Å²) in [5, 5.41) is 3.27. The van der Waals surface area contributed by atoms with Crippen molar-refractivity contribution in [3.05, 3.63) is 53.2 Å². The molecular formula is C20H16FNO5S. The van der Waals surface area contributed by atoms with Gasteiger partial charge in [0.2, 0.25) is 0 Å². The minimum Gasteiger partial charge on any atom is -0.490 e. The summed E-state index contributed by atoms with van der Waals surface area (Å²) in [6, 6.07) is 10.9. The Labute approximate surface area is 163 Å². The van der Waals surface area contributed by atoms with Crippen LogP contribution in [0.1, 0.15) is 16.1 Å². The molecule has 144 valence electrons. The molecule has 0 saturated heterocycles. The second-order valence-electron chi connectivity index (χ2n) is 6.13. The molecule has 8 heteroatoms. The molecule has 6 nitrogen and oxygen atoms in total. The van der Waals surface area contributed by atoms with Crippen LogP contribution in [0.15, 0.2) is 42.5 Å². The van der Waals surface area contributed by atoms with E-state index in [1.165, 1.54) is 23.5 Å². The van der Waals surface area contributed by atoms with E-state index in [0.29, 0.717) is 40.7 Å². The van der Waals surface area contributed by atoms with Gasteiger partial charge in [0.1, 0.15) is 10.7 Å². The number of anilines is 1. The van der Waals surface area contributed by atoms with Crippen LogP contribution in [0.2, 0.25) is 0 Å². The van der Waals surface area contributed by atoms with Crippen LogP contribution in [0.4, 0.5) is 10.1 Å². The molecule has 2 heterocycles. The summed E-state index contributed by atoms with van der Waals surface area (Å²) in [5.41, 5.74) is 0.516. The van der Waals surface area contributed by atoms with Crippen molar-refractivity contribution >= 4 is 39.0 Å². The first-order chi connectivity index (χ1) is 13.6. The lowest BCUT2D eigenvalue weighted by molar-refractivity contribution is -0.119. The first-order valence-corrected chi connectivity index (χ1v) is 9.46. The third-order valence-corrected chi connectivity index (χ3v) is 5.14. The number of carbonyl (C=O) groups excluding carboxylic acids is 2. The van der Waals surface area contributed by atoms with E-state index in [4.69, 9.17) is 14.2 Å². The fourth-order valence-corrected chi connectivity index (χ4v) is 3.69. The van der Waals surface area contributed by atoms with E-state index in [1.807, 2.05) is 0 Å². The summed E-state index contributed by atoms with van der Waals surface area (Å²) in [4.78, 5) is 24.6. The largest absolute Gasteiger partial charge is 0.490 e. The standard InChI is InChI=1S/C20H16FNO5S/c21-13-2-5-17-12(8-13)9-18(28-17)20(24)27-11-19(23)22-14-3-4-15-16(10-14)26-7-1-6-25-15/h2-5,8-10H,1,6-7,11H2,(H,22,23). The summed E-state index contributed by atoms with van der Waals surface area (Å²) in [7, 11) is 0. The number of ether oxygens (including phenoxy) is 3. The molecule has 0 radical (unpaired) electrons. The molecule has 0 bridgehead atoms. The highest BCUT2D eigenvalue weighted by molar-refractivity contribution is 7.20. The van der Waals surface area contributed by atoms with Crippen LogP contribution in [0.3, 0.4) is 0 Å². The number of benzene rings is 2. The lowest BCUT2D eigenvalue weighted by Crippen LogP contribution is -2.20. The van der Waals surface area contributed by atoms with Gasteiger partial charge in [-0.05, 0) is 41.8 Å². The first kappa shape index (κ1) is 18.2. The van der Waals surface area contributed by atoms with Gasteiger partial charge in [0.05, 0.1) is 13.2 Å². The number of hydrogen-bond donors (Lipinski definition) is 1. The van der Waals surface area contributed by atoms with Crippen LogP contribution in [0, 0.1) is 5.82 Å². The monoisotopic (exact) mass is 401 g/mol. The van der Waals surface area contributed by atoms with Crippen LogP contribution in [0.5, 0.6) is 11.5 Å². The zero-order valence-electron chi connectivity index (χ0n) is 14.7. The summed E-state index contributed by atoms with van der Waals surface area (Å²) in [6.45, 7) is 0.690. The number of amides is 1. The molecule has 4 rings (SSSR count). The summed E-state index contributed by atoms with van der Waals surface area (Å²) >= 11 is 1.18.